The first-order chi connectivity index (χ1) is 12.4. The van der Waals surface area contributed by atoms with E-state index in [9.17, 15) is 18.3 Å². The van der Waals surface area contributed by atoms with Gasteiger partial charge < -0.3 is 10.4 Å². The lowest BCUT2D eigenvalue weighted by atomic mass is 10.0. The Bertz CT molecular complexity index is 968. The molecule has 4 rings (SSSR count). The maximum Gasteiger partial charge on any atom is 0.416 e. The van der Waals surface area contributed by atoms with Crippen molar-refractivity contribution in [2.45, 2.75) is 19.0 Å². The molecule has 0 amide bonds. The Labute approximate surface area is 147 Å². The van der Waals surface area contributed by atoms with Crippen molar-refractivity contribution >= 4 is 16.6 Å². The van der Waals surface area contributed by atoms with Gasteiger partial charge in [0.25, 0.3) is 0 Å². The normalized spacial score (nSPS) is 14.6. The lowest BCUT2D eigenvalue weighted by Gasteiger charge is -2.13. The number of aromatic nitrogens is 2. The SMILES string of the molecule is Oc1cc(C(F)(F)F)ccc1-c1nnc(NCC2CC2)c2ccccc12. The van der Waals surface area contributed by atoms with Crippen molar-refractivity contribution in [3.05, 3.63) is 48.0 Å². The molecule has 1 aliphatic carbocycles. The molecule has 26 heavy (non-hydrogen) atoms. The predicted molar refractivity (Wildman–Crippen MR) is 92.9 cm³/mol. The largest absolute Gasteiger partial charge is 0.507 e. The molecule has 0 radical (unpaired) electrons. The standard InChI is InChI=1S/C19H16F3N3O/c20-19(21,22)12-7-8-15(16(26)9-12)17-13-3-1-2-4-14(13)18(25-24-17)23-10-11-5-6-11/h1-4,7-9,11,26H,5-6,10H2,(H,23,25). The second kappa shape index (κ2) is 6.16. The number of nitrogens with one attached hydrogen (secondary N) is 1. The van der Waals surface area contributed by atoms with Crippen LogP contribution in [0.15, 0.2) is 42.5 Å². The summed E-state index contributed by atoms with van der Waals surface area (Å²) < 4.78 is 38.4. The van der Waals surface area contributed by atoms with Crippen molar-refractivity contribution in [2.75, 3.05) is 11.9 Å². The molecule has 0 unspecified atom stereocenters. The Kier molecular flexibility index (Phi) is 3.94. The Morgan fingerprint density at radius 2 is 1.77 bits per heavy atom. The molecule has 1 heterocycles. The van der Waals surface area contributed by atoms with Crippen LogP contribution in [0.4, 0.5) is 19.0 Å². The van der Waals surface area contributed by atoms with Gasteiger partial charge in [-0.15, -0.1) is 10.2 Å². The number of hydrogen-bond acceptors (Lipinski definition) is 4. The van der Waals surface area contributed by atoms with Gasteiger partial charge in [0, 0.05) is 22.9 Å². The van der Waals surface area contributed by atoms with Crippen LogP contribution in [0.3, 0.4) is 0 Å². The molecule has 0 spiro atoms. The van der Waals surface area contributed by atoms with E-state index in [1.165, 1.54) is 18.9 Å². The maximum atomic E-state index is 12.8. The van der Waals surface area contributed by atoms with Crippen LogP contribution in [0.5, 0.6) is 5.75 Å². The number of benzene rings is 2. The van der Waals surface area contributed by atoms with Gasteiger partial charge in [0.15, 0.2) is 5.82 Å². The van der Waals surface area contributed by atoms with Crippen LogP contribution in [0.2, 0.25) is 0 Å². The number of phenols is 1. The summed E-state index contributed by atoms with van der Waals surface area (Å²) in [7, 11) is 0. The fraction of sp³-hybridized carbons (Fsp3) is 0.263. The summed E-state index contributed by atoms with van der Waals surface area (Å²) >= 11 is 0. The van der Waals surface area contributed by atoms with E-state index < -0.39 is 17.5 Å². The number of anilines is 1. The number of phenolic OH excluding ortho intramolecular Hbond substituents is 1. The highest BCUT2D eigenvalue weighted by Gasteiger charge is 2.31. The van der Waals surface area contributed by atoms with Gasteiger partial charge in [-0.1, -0.05) is 24.3 Å². The molecule has 0 aliphatic heterocycles. The van der Waals surface area contributed by atoms with Crippen molar-refractivity contribution < 1.29 is 18.3 Å². The molecular formula is C19H16F3N3O. The van der Waals surface area contributed by atoms with Gasteiger partial charge in [-0.25, -0.2) is 0 Å². The van der Waals surface area contributed by atoms with E-state index in [1.807, 2.05) is 24.3 Å². The summed E-state index contributed by atoms with van der Waals surface area (Å²) in [6.45, 7) is 0.823. The molecular weight excluding hydrogens is 343 g/mol. The molecule has 3 aromatic rings. The molecule has 0 saturated heterocycles. The summed E-state index contributed by atoms with van der Waals surface area (Å²) in [4.78, 5) is 0. The number of nitrogens with zero attached hydrogens (tertiary/aromatic N) is 2. The van der Waals surface area contributed by atoms with E-state index in [1.54, 1.807) is 0 Å². The number of alkyl halides is 3. The van der Waals surface area contributed by atoms with Crippen LogP contribution in [-0.4, -0.2) is 21.8 Å². The number of aromatic hydroxyl groups is 1. The van der Waals surface area contributed by atoms with E-state index in [2.05, 4.69) is 15.5 Å². The molecule has 1 fully saturated rings. The van der Waals surface area contributed by atoms with Gasteiger partial charge in [-0.3, -0.25) is 0 Å². The van der Waals surface area contributed by atoms with Crippen LogP contribution in [-0.2, 0) is 6.18 Å². The highest BCUT2D eigenvalue weighted by atomic mass is 19.4. The van der Waals surface area contributed by atoms with E-state index in [0.29, 0.717) is 23.5 Å². The molecule has 1 aliphatic rings. The van der Waals surface area contributed by atoms with Gasteiger partial charge in [0.2, 0.25) is 0 Å². The third kappa shape index (κ3) is 3.16. The molecule has 0 bridgehead atoms. The van der Waals surface area contributed by atoms with Crippen molar-refractivity contribution in [3.63, 3.8) is 0 Å². The zero-order valence-corrected chi connectivity index (χ0v) is 13.7. The summed E-state index contributed by atoms with van der Waals surface area (Å²) in [5, 5.41) is 23.3. The molecule has 2 aromatic carbocycles. The zero-order chi connectivity index (χ0) is 18.3. The third-order valence-electron chi connectivity index (χ3n) is 4.52. The predicted octanol–water partition coefficient (Wildman–Crippen LogP) is 4.84. The summed E-state index contributed by atoms with van der Waals surface area (Å²) in [6, 6.07) is 10.3. The van der Waals surface area contributed by atoms with Crippen molar-refractivity contribution in [3.8, 4) is 17.0 Å². The lowest BCUT2D eigenvalue weighted by molar-refractivity contribution is -0.137. The fourth-order valence-corrected chi connectivity index (χ4v) is 2.90. The van der Waals surface area contributed by atoms with Crippen LogP contribution in [0, 0.1) is 5.92 Å². The maximum absolute atomic E-state index is 12.8. The first-order valence-corrected chi connectivity index (χ1v) is 8.33. The first-order valence-electron chi connectivity index (χ1n) is 8.33. The van der Waals surface area contributed by atoms with Crippen LogP contribution >= 0.6 is 0 Å². The Morgan fingerprint density at radius 3 is 2.42 bits per heavy atom. The molecule has 0 atom stereocenters. The third-order valence-corrected chi connectivity index (χ3v) is 4.52. The molecule has 7 heteroatoms. The second-order valence-electron chi connectivity index (χ2n) is 6.50. The van der Waals surface area contributed by atoms with Gasteiger partial charge in [0.1, 0.15) is 11.4 Å². The zero-order valence-electron chi connectivity index (χ0n) is 13.7. The highest BCUT2D eigenvalue weighted by Crippen LogP contribution is 2.38. The quantitative estimate of drug-likeness (QED) is 0.700. The fourth-order valence-electron chi connectivity index (χ4n) is 2.90. The van der Waals surface area contributed by atoms with Gasteiger partial charge in [-0.05, 0) is 37.0 Å². The topological polar surface area (TPSA) is 58.0 Å². The summed E-state index contributed by atoms with van der Waals surface area (Å²) in [5.41, 5.74) is -0.335. The van der Waals surface area contributed by atoms with Crippen LogP contribution in [0.25, 0.3) is 22.0 Å². The molecule has 134 valence electrons. The number of rotatable bonds is 4. The highest BCUT2D eigenvalue weighted by molar-refractivity contribution is 6.00. The van der Waals surface area contributed by atoms with Crippen molar-refractivity contribution in [2.24, 2.45) is 5.92 Å². The Hall–Kier alpha value is -2.83. The first kappa shape index (κ1) is 16.6. The summed E-state index contributed by atoms with van der Waals surface area (Å²) in [6.07, 6.45) is -2.11. The minimum atomic E-state index is -4.51. The molecule has 1 saturated carbocycles. The average molecular weight is 359 g/mol. The Morgan fingerprint density at radius 1 is 1.04 bits per heavy atom. The molecule has 1 aromatic heterocycles. The average Bonchev–Trinajstić information content (AvgIpc) is 3.43. The number of fused-ring (bicyclic) bond motifs is 1. The van der Waals surface area contributed by atoms with Crippen LogP contribution < -0.4 is 5.32 Å². The van der Waals surface area contributed by atoms with Gasteiger partial charge >= 0.3 is 6.18 Å². The number of halogens is 3. The van der Waals surface area contributed by atoms with E-state index in [4.69, 9.17) is 0 Å². The van der Waals surface area contributed by atoms with E-state index >= 15 is 0 Å². The minimum Gasteiger partial charge on any atom is -0.507 e. The lowest BCUT2D eigenvalue weighted by Crippen LogP contribution is -2.07. The van der Waals surface area contributed by atoms with Gasteiger partial charge in [0.05, 0.1) is 5.56 Å². The monoisotopic (exact) mass is 359 g/mol. The van der Waals surface area contributed by atoms with E-state index in [-0.39, 0.29) is 5.56 Å². The van der Waals surface area contributed by atoms with E-state index in [0.717, 1.165) is 23.4 Å². The number of hydrogen-bond donors (Lipinski definition) is 2. The molecule has 4 nitrogen and oxygen atoms in total. The minimum absolute atomic E-state index is 0.218. The smallest absolute Gasteiger partial charge is 0.416 e. The Balaban J connectivity index is 1.78. The van der Waals surface area contributed by atoms with Crippen LogP contribution in [0.1, 0.15) is 18.4 Å². The summed E-state index contributed by atoms with van der Waals surface area (Å²) in [5.74, 6) is 0.829. The molecule has 2 N–H and O–H groups in total. The van der Waals surface area contributed by atoms with Gasteiger partial charge in [-0.2, -0.15) is 13.2 Å². The second-order valence-corrected chi connectivity index (χ2v) is 6.50. The van der Waals surface area contributed by atoms with Crippen molar-refractivity contribution in [1.29, 1.82) is 0 Å². The van der Waals surface area contributed by atoms with Crippen molar-refractivity contribution in [1.82, 2.24) is 10.2 Å².